The molecule has 19 heavy (non-hydrogen) atoms. The van der Waals surface area contributed by atoms with E-state index in [1.807, 2.05) is 4.90 Å². The molecule has 0 spiro atoms. The van der Waals surface area contributed by atoms with Crippen molar-refractivity contribution in [3.63, 3.8) is 0 Å². The van der Waals surface area contributed by atoms with E-state index in [9.17, 15) is 8.42 Å². The van der Waals surface area contributed by atoms with Crippen molar-refractivity contribution in [3.05, 3.63) is 12.0 Å². The summed E-state index contributed by atoms with van der Waals surface area (Å²) in [5.41, 5.74) is 0. The number of nitriles is 1. The molecule has 0 amide bonds. The average molecular weight is 283 g/mol. The molecule has 0 aliphatic carbocycles. The SMILES string of the molecule is Cc1nc(S(=O)(=O)N2CCN(CC#N)CC2)cn1C. The maximum atomic E-state index is 12.4. The average Bonchev–Trinajstić information content (AvgIpc) is 2.71. The van der Waals surface area contributed by atoms with Crippen molar-refractivity contribution in [2.24, 2.45) is 7.05 Å². The van der Waals surface area contributed by atoms with Crippen molar-refractivity contribution >= 4 is 10.0 Å². The van der Waals surface area contributed by atoms with E-state index < -0.39 is 10.0 Å². The molecule has 104 valence electrons. The van der Waals surface area contributed by atoms with Gasteiger partial charge >= 0.3 is 0 Å². The number of nitrogens with zero attached hydrogens (tertiary/aromatic N) is 5. The van der Waals surface area contributed by atoms with Crippen LogP contribution in [0.3, 0.4) is 0 Å². The summed E-state index contributed by atoms with van der Waals surface area (Å²) in [5.74, 6) is 0.668. The highest BCUT2D eigenvalue weighted by atomic mass is 32.2. The van der Waals surface area contributed by atoms with Gasteiger partial charge < -0.3 is 4.57 Å². The van der Waals surface area contributed by atoms with Crippen LogP contribution < -0.4 is 0 Å². The van der Waals surface area contributed by atoms with Crippen LogP contribution in [0.25, 0.3) is 0 Å². The van der Waals surface area contributed by atoms with E-state index in [1.165, 1.54) is 10.5 Å². The van der Waals surface area contributed by atoms with Gasteiger partial charge in [-0.15, -0.1) is 0 Å². The Labute approximate surface area is 113 Å². The number of rotatable bonds is 3. The summed E-state index contributed by atoms with van der Waals surface area (Å²) < 4.78 is 27.9. The first-order valence-corrected chi connectivity index (χ1v) is 7.48. The maximum Gasteiger partial charge on any atom is 0.262 e. The molecule has 1 fully saturated rings. The quantitative estimate of drug-likeness (QED) is 0.702. The molecule has 0 unspecified atom stereocenters. The van der Waals surface area contributed by atoms with E-state index in [4.69, 9.17) is 5.26 Å². The van der Waals surface area contributed by atoms with Gasteiger partial charge in [0.1, 0.15) is 5.82 Å². The third-order valence-electron chi connectivity index (χ3n) is 3.32. The highest BCUT2D eigenvalue weighted by Gasteiger charge is 2.30. The second kappa shape index (κ2) is 5.28. The molecule has 8 heteroatoms. The summed E-state index contributed by atoms with van der Waals surface area (Å²) >= 11 is 0. The van der Waals surface area contributed by atoms with Gasteiger partial charge in [-0.2, -0.15) is 9.57 Å². The van der Waals surface area contributed by atoms with E-state index in [0.29, 0.717) is 38.5 Å². The zero-order valence-corrected chi connectivity index (χ0v) is 11.9. The summed E-state index contributed by atoms with van der Waals surface area (Å²) in [6.45, 7) is 4.08. The van der Waals surface area contributed by atoms with Gasteiger partial charge in [-0.3, -0.25) is 4.90 Å². The van der Waals surface area contributed by atoms with Crippen LogP contribution in [0.15, 0.2) is 11.2 Å². The molecular formula is C11H17N5O2S. The fourth-order valence-electron chi connectivity index (χ4n) is 2.01. The van der Waals surface area contributed by atoms with Crippen LogP contribution in [-0.2, 0) is 17.1 Å². The molecule has 2 heterocycles. The largest absolute Gasteiger partial charge is 0.337 e. The van der Waals surface area contributed by atoms with Gasteiger partial charge in [0.2, 0.25) is 0 Å². The number of aromatic nitrogens is 2. The lowest BCUT2D eigenvalue weighted by atomic mass is 10.4. The second-order valence-corrected chi connectivity index (χ2v) is 6.46. The van der Waals surface area contributed by atoms with Gasteiger partial charge in [0.05, 0.1) is 12.6 Å². The van der Waals surface area contributed by atoms with Crippen molar-refractivity contribution in [2.45, 2.75) is 11.9 Å². The molecular weight excluding hydrogens is 266 g/mol. The number of sulfonamides is 1. The number of hydrogen-bond acceptors (Lipinski definition) is 5. The van der Waals surface area contributed by atoms with Gasteiger partial charge in [-0.25, -0.2) is 13.4 Å². The molecule has 0 radical (unpaired) electrons. The normalized spacial score (nSPS) is 18.4. The fraction of sp³-hybridized carbons (Fsp3) is 0.636. The van der Waals surface area contributed by atoms with Gasteiger partial charge in [0.15, 0.2) is 5.03 Å². The van der Waals surface area contributed by atoms with Gasteiger partial charge in [0, 0.05) is 39.4 Å². The van der Waals surface area contributed by atoms with Crippen LogP contribution in [-0.4, -0.2) is 59.9 Å². The van der Waals surface area contributed by atoms with E-state index in [-0.39, 0.29) is 5.03 Å². The number of imidazole rings is 1. The minimum absolute atomic E-state index is 0.0984. The summed E-state index contributed by atoms with van der Waals surface area (Å²) in [4.78, 5) is 6.02. The minimum Gasteiger partial charge on any atom is -0.337 e. The van der Waals surface area contributed by atoms with E-state index in [0.717, 1.165) is 0 Å². The smallest absolute Gasteiger partial charge is 0.262 e. The van der Waals surface area contributed by atoms with Gasteiger partial charge in [-0.05, 0) is 6.92 Å². The van der Waals surface area contributed by atoms with Crippen LogP contribution in [0.2, 0.25) is 0 Å². The van der Waals surface area contributed by atoms with Crippen molar-refractivity contribution in [1.82, 2.24) is 18.8 Å². The first-order chi connectivity index (χ1) is 8.95. The molecule has 0 bridgehead atoms. The van der Waals surface area contributed by atoms with Crippen molar-refractivity contribution < 1.29 is 8.42 Å². The van der Waals surface area contributed by atoms with Crippen LogP contribution >= 0.6 is 0 Å². The number of hydrogen-bond donors (Lipinski definition) is 0. The van der Waals surface area contributed by atoms with Gasteiger partial charge in [0.25, 0.3) is 10.0 Å². The zero-order valence-electron chi connectivity index (χ0n) is 11.1. The second-order valence-electron chi connectivity index (χ2n) is 4.58. The summed E-state index contributed by atoms with van der Waals surface area (Å²) in [7, 11) is -1.74. The molecule has 1 aromatic rings. The minimum atomic E-state index is -3.51. The highest BCUT2D eigenvalue weighted by molar-refractivity contribution is 7.89. The van der Waals surface area contributed by atoms with Crippen molar-refractivity contribution in [2.75, 3.05) is 32.7 Å². The van der Waals surface area contributed by atoms with Crippen LogP contribution in [0, 0.1) is 18.3 Å². The Morgan fingerprint density at radius 3 is 2.47 bits per heavy atom. The Bertz CT molecular complexity index is 574. The lowest BCUT2D eigenvalue weighted by molar-refractivity contribution is 0.206. The Hall–Kier alpha value is -1.43. The fourth-order valence-corrected chi connectivity index (χ4v) is 3.46. The molecule has 1 aliphatic heterocycles. The molecule has 7 nitrogen and oxygen atoms in total. The predicted octanol–water partition coefficient (Wildman–Crippen LogP) is -0.442. The molecule has 1 aromatic heterocycles. The maximum absolute atomic E-state index is 12.4. The lowest BCUT2D eigenvalue weighted by Gasteiger charge is -2.31. The van der Waals surface area contributed by atoms with Crippen molar-refractivity contribution in [3.8, 4) is 6.07 Å². The molecule has 0 saturated carbocycles. The molecule has 1 saturated heterocycles. The topological polar surface area (TPSA) is 82.2 Å². The Balaban J connectivity index is 2.12. The molecule has 2 rings (SSSR count). The van der Waals surface area contributed by atoms with E-state index in [1.54, 1.807) is 18.5 Å². The van der Waals surface area contributed by atoms with Crippen molar-refractivity contribution in [1.29, 1.82) is 5.26 Å². The number of piperazine rings is 1. The predicted molar refractivity (Wildman–Crippen MR) is 68.8 cm³/mol. The number of aryl methyl sites for hydroxylation is 2. The summed E-state index contributed by atoms with van der Waals surface area (Å²) in [6, 6.07) is 2.08. The van der Waals surface area contributed by atoms with Crippen LogP contribution in [0.4, 0.5) is 0 Å². The standard InChI is InChI=1S/C11H17N5O2S/c1-10-13-11(9-14(10)2)19(17,18)16-7-5-15(4-3-12)6-8-16/h9H,4-8H2,1-2H3. The van der Waals surface area contributed by atoms with Crippen LogP contribution in [0.1, 0.15) is 5.82 Å². The van der Waals surface area contributed by atoms with E-state index >= 15 is 0 Å². The Morgan fingerprint density at radius 1 is 1.37 bits per heavy atom. The molecule has 0 atom stereocenters. The molecule has 0 aromatic carbocycles. The van der Waals surface area contributed by atoms with Gasteiger partial charge in [-0.1, -0.05) is 0 Å². The monoisotopic (exact) mass is 283 g/mol. The molecule has 1 aliphatic rings. The summed E-state index contributed by atoms with van der Waals surface area (Å²) in [5, 5.41) is 8.72. The third kappa shape index (κ3) is 2.78. The van der Waals surface area contributed by atoms with Crippen LogP contribution in [0.5, 0.6) is 0 Å². The lowest BCUT2D eigenvalue weighted by Crippen LogP contribution is -2.48. The Morgan fingerprint density at radius 2 is 2.00 bits per heavy atom. The first-order valence-electron chi connectivity index (χ1n) is 6.04. The van der Waals surface area contributed by atoms with E-state index in [2.05, 4.69) is 11.1 Å². The Kier molecular flexibility index (Phi) is 3.89. The first kappa shape index (κ1) is 14.0. The third-order valence-corrected chi connectivity index (χ3v) is 5.09. The zero-order chi connectivity index (χ0) is 14.0. The summed E-state index contributed by atoms with van der Waals surface area (Å²) in [6.07, 6.45) is 1.53. The highest BCUT2D eigenvalue weighted by Crippen LogP contribution is 2.16. The molecule has 0 N–H and O–H groups in total.